The van der Waals surface area contributed by atoms with Crippen molar-refractivity contribution in [2.45, 2.75) is 32.9 Å². The van der Waals surface area contributed by atoms with Crippen LogP contribution in [0.3, 0.4) is 0 Å². The Bertz CT molecular complexity index is 547. The number of rotatable bonds is 2. The lowest BCUT2D eigenvalue weighted by atomic mass is 10.0. The van der Waals surface area contributed by atoms with E-state index in [1.807, 2.05) is 0 Å². The minimum absolute atomic E-state index is 0.00742. The summed E-state index contributed by atoms with van der Waals surface area (Å²) in [4.78, 5) is 16.0. The second-order valence-corrected chi connectivity index (χ2v) is 6.29. The SMILES string of the molecule is CC(C)CN1CCC2COC(=O)N2c2cc(F)ccc2C1. The molecule has 114 valence electrons. The molecule has 0 aliphatic carbocycles. The van der Waals surface area contributed by atoms with Gasteiger partial charge in [-0.3, -0.25) is 9.80 Å². The number of halogens is 1. The quantitative estimate of drug-likeness (QED) is 0.840. The lowest BCUT2D eigenvalue weighted by Gasteiger charge is -2.33. The smallest absolute Gasteiger partial charge is 0.414 e. The Morgan fingerprint density at radius 2 is 2.24 bits per heavy atom. The highest BCUT2D eigenvalue weighted by Gasteiger charge is 2.37. The van der Waals surface area contributed by atoms with Crippen LogP contribution in [0.4, 0.5) is 14.9 Å². The zero-order valence-corrected chi connectivity index (χ0v) is 12.5. The summed E-state index contributed by atoms with van der Waals surface area (Å²) < 4.78 is 18.8. The van der Waals surface area contributed by atoms with Gasteiger partial charge in [0.05, 0.1) is 11.7 Å². The van der Waals surface area contributed by atoms with Crippen molar-refractivity contribution in [2.75, 3.05) is 24.6 Å². The van der Waals surface area contributed by atoms with Gasteiger partial charge >= 0.3 is 6.09 Å². The third-order valence-electron chi connectivity index (χ3n) is 4.06. The van der Waals surface area contributed by atoms with Crippen molar-refractivity contribution >= 4 is 11.8 Å². The van der Waals surface area contributed by atoms with E-state index in [1.165, 1.54) is 12.1 Å². The van der Waals surface area contributed by atoms with Gasteiger partial charge in [-0.05, 0) is 30.0 Å². The van der Waals surface area contributed by atoms with Crippen LogP contribution in [0.25, 0.3) is 0 Å². The molecule has 0 bridgehead atoms. The predicted molar refractivity (Wildman–Crippen MR) is 78.7 cm³/mol. The van der Waals surface area contributed by atoms with Crippen molar-refractivity contribution in [2.24, 2.45) is 5.92 Å². The fraction of sp³-hybridized carbons (Fsp3) is 0.562. The average molecular weight is 292 g/mol. The van der Waals surface area contributed by atoms with Crippen molar-refractivity contribution in [1.29, 1.82) is 0 Å². The highest BCUT2D eigenvalue weighted by molar-refractivity contribution is 5.91. The first-order valence-electron chi connectivity index (χ1n) is 7.51. The van der Waals surface area contributed by atoms with Crippen LogP contribution in [0, 0.1) is 11.7 Å². The number of carbonyl (C=O) groups is 1. The molecule has 1 fully saturated rings. The molecule has 1 unspecified atom stereocenters. The summed E-state index contributed by atoms with van der Waals surface area (Å²) in [6.45, 7) is 7.44. The van der Waals surface area contributed by atoms with E-state index in [4.69, 9.17) is 4.74 Å². The molecule has 0 spiro atoms. The molecule has 4 nitrogen and oxygen atoms in total. The van der Waals surface area contributed by atoms with Gasteiger partial charge in [-0.15, -0.1) is 0 Å². The average Bonchev–Trinajstić information content (AvgIpc) is 2.76. The number of benzene rings is 1. The minimum Gasteiger partial charge on any atom is -0.447 e. The predicted octanol–water partition coefficient (Wildman–Crippen LogP) is 3.01. The molecule has 0 saturated carbocycles. The summed E-state index contributed by atoms with van der Waals surface area (Å²) in [7, 11) is 0. The molecule has 1 atom stereocenters. The first-order chi connectivity index (χ1) is 10.0. The molecule has 0 N–H and O–H groups in total. The Morgan fingerprint density at radius 1 is 1.43 bits per heavy atom. The summed E-state index contributed by atoms with van der Waals surface area (Å²) in [6, 6.07) is 4.71. The standard InChI is InChI=1S/C16H21FN2O2/c1-11(2)8-18-6-5-14-10-21-16(20)19(14)15-7-13(17)4-3-12(15)9-18/h3-4,7,11,14H,5-6,8-10H2,1-2H3. The number of ether oxygens (including phenoxy) is 1. The second-order valence-electron chi connectivity index (χ2n) is 6.29. The molecule has 2 aliphatic rings. The number of fused-ring (bicyclic) bond motifs is 3. The largest absolute Gasteiger partial charge is 0.447 e. The van der Waals surface area contributed by atoms with Gasteiger partial charge in [0.25, 0.3) is 0 Å². The molecule has 1 aromatic carbocycles. The monoisotopic (exact) mass is 292 g/mol. The number of cyclic esters (lactones) is 1. The van der Waals surface area contributed by atoms with Crippen LogP contribution in [0.1, 0.15) is 25.8 Å². The minimum atomic E-state index is -0.357. The van der Waals surface area contributed by atoms with E-state index in [-0.39, 0.29) is 18.0 Å². The molecule has 1 aromatic rings. The lowest BCUT2D eigenvalue weighted by molar-refractivity contribution is 0.177. The van der Waals surface area contributed by atoms with Gasteiger partial charge in [-0.25, -0.2) is 9.18 Å². The van der Waals surface area contributed by atoms with E-state index in [0.717, 1.165) is 31.6 Å². The van der Waals surface area contributed by atoms with Crippen LogP contribution in [0.2, 0.25) is 0 Å². The molecule has 1 amide bonds. The lowest BCUT2D eigenvalue weighted by Crippen LogP contribution is -2.41. The number of nitrogens with zero attached hydrogens (tertiary/aromatic N) is 2. The zero-order chi connectivity index (χ0) is 15.0. The van der Waals surface area contributed by atoms with Crippen molar-refractivity contribution in [3.8, 4) is 0 Å². The normalized spacial score (nSPS) is 22.6. The zero-order valence-electron chi connectivity index (χ0n) is 12.5. The first kappa shape index (κ1) is 14.3. The molecule has 21 heavy (non-hydrogen) atoms. The Morgan fingerprint density at radius 3 is 3.00 bits per heavy atom. The first-order valence-corrected chi connectivity index (χ1v) is 7.51. The molecular formula is C16H21FN2O2. The van der Waals surface area contributed by atoms with Crippen molar-refractivity contribution < 1.29 is 13.9 Å². The number of hydrogen-bond acceptors (Lipinski definition) is 3. The molecule has 0 aromatic heterocycles. The van der Waals surface area contributed by atoms with Gasteiger partial charge in [-0.2, -0.15) is 0 Å². The summed E-state index contributed by atoms with van der Waals surface area (Å²) in [5.41, 5.74) is 1.65. The highest BCUT2D eigenvalue weighted by Crippen LogP contribution is 2.32. The van der Waals surface area contributed by atoms with Crippen LogP contribution in [0.15, 0.2) is 18.2 Å². The summed E-state index contributed by atoms with van der Waals surface area (Å²) >= 11 is 0. The van der Waals surface area contributed by atoms with Gasteiger partial charge in [0.15, 0.2) is 0 Å². The summed E-state index contributed by atoms with van der Waals surface area (Å²) in [5.74, 6) is 0.258. The van der Waals surface area contributed by atoms with E-state index in [2.05, 4.69) is 18.7 Å². The second kappa shape index (κ2) is 5.64. The molecule has 2 aliphatic heterocycles. The molecule has 3 rings (SSSR count). The third-order valence-corrected chi connectivity index (χ3v) is 4.06. The van der Waals surface area contributed by atoms with Crippen LogP contribution < -0.4 is 4.90 Å². The van der Waals surface area contributed by atoms with Crippen molar-refractivity contribution in [1.82, 2.24) is 4.90 Å². The molecule has 5 heteroatoms. The van der Waals surface area contributed by atoms with E-state index in [9.17, 15) is 9.18 Å². The van der Waals surface area contributed by atoms with Gasteiger partial charge in [-0.1, -0.05) is 19.9 Å². The van der Waals surface area contributed by atoms with Crippen LogP contribution in [-0.2, 0) is 11.3 Å². The van der Waals surface area contributed by atoms with E-state index < -0.39 is 0 Å². The van der Waals surface area contributed by atoms with Gasteiger partial charge in [0.1, 0.15) is 12.4 Å². The van der Waals surface area contributed by atoms with Crippen molar-refractivity contribution in [3.05, 3.63) is 29.6 Å². The molecule has 2 heterocycles. The topological polar surface area (TPSA) is 32.8 Å². The highest BCUT2D eigenvalue weighted by atomic mass is 19.1. The Kier molecular flexibility index (Phi) is 3.85. The third kappa shape index (κ3) is 2.88. The summed E-state index contributed by atoms with van der Waals surface area (Å²) in [5, 5.41) is 0. The van der Waals surface area contributed by atoms with Gasteiger partial charge < -0.3 is 4.74 Å². The number of anilines is 1. The fourth-order valence-corrected chi connectivity index (χ4v) is 3.19. The Hall–Kier alpha value is -1.62. The van der Waals surface area contributed by atoms with Crippen LogP contribution in [0.5, 0.6) is 0 Å². The summed E-state index contributed by atoms with van der Waals surface area (Å²) in [6.07, 6.45) is 0.498. The molecule has 0 radical (unpaired) electrons. The van der Waals surface area contributed by atoms with Crippen LogP contribution >= 0.6 is 0 Å². The van der Waals surface area contributed by atoms with Gasteiger partial charge in [0.2, 0.25) is 0 Å². The number of amides is 1. The Labute approximate surface area is 124 Å². The van der Waals surface area contributed by atoms with Crippen LogP contribution in [-0.4, -0.2) is 36.7 Å². The van der Waals surface area contributed by atoms with Crippen molar-refractivity contribution in [3.63, 3.8) is 0 Å². The van der Waals surface area contributed by atoms with Gasteiger partial charge in [0, 0.05) is 19.6 Å². The molecular weight excluding hydrogens is 271 g/mol. The van der Waals surface area contributed by atoms with E-state index in [1.54, 1.807) is 11.0 Å². The number of carbonyl (C=O) groups excluding carboxylic acids is 1. The maximum absolute atomic E-state index is 13.6. The van der Waals surface area contributed by atoms with E-state index >= 15 is 0 Å². The maximum Gasteiger partial charge on any atom is 0.414 e. The maximum atomic E-state index is 13.6. The van der Waals surface area contributed by atoms with E-state index in [0.29, 0.717) is 18.2 Å². The fourth-order valence-electron chi connectivity index (χ4n) is 3.19. The Balaban J connectivity index is 1.97. The molecule has 1 saturated heterocycles. The number of hydrogen-bond donors (Lipinski definition) is 0.